The summed E-state index contributed by atoms with van der Waals surface area (Å²) in [5.74, 6) is -0.538. The van der Waals surface area contributed by atoms with Gasteiger partial charge in [-0.15, -0.1) is 0 Å². The summed E-state index contributed by atoms with van der Waals surface area (Å²) in [5, 5.41) is 8.68. The molecular formula is C36H47N5O6. The largest absolute Gasteiger partial charge is 0.494 e. The summed E-state index contributed by atoms with van der Waals surface area (Å²) in [6, 6.07) is 13.5. The lowest BCUT2D eigenvalue weighted by molar-refractivity contribution is -0.140. The van der Waals surface area contributed by atoms with Gasteiger partial charge in [0.1, 0.15) is 17.8 Å². The van der Waals surface area contributed by atoms with Crippen LogP contribution < -0.4 is 20.7 Å². The van der Waals surface area contributed by atoms with E-state index in [-0.39, 0.29) is 54.9 Å². The van der Waals surface area contributed by atoms with E-state index in [1.165, 1.54) is 6.92 Å². The molecule has 11 heteroatoms. The van der Waals surface area contributed by atoms with E-state index >= 15 is 0 Å². The maximum atomic E-state index is 13.9. The highest BCUT2D eigenvalue weighted by Crippen LogP contribution is 2.24. The van der Waals surface area contributed by atoms with E-state index in [1.807, 2.05) is 55.5 Å². The van der Waals surface area contributed by atoms with Gasteiger partial charge in [0.15, 0.2) is 0 Å². The number of benzene rings is 2. The molecule has 252 valence electrons. The molecule has 3 aliphatic rings. The van der Waals surface area contributed by atoms with Crippen molar-refractivity contribution < 1.29 is 28.7 Å². The maximum absolute atomic E-state index is 13.9. The van der Waals surface area contributed by atoms with Gasteiger partial charge < -0.3 is 30.5 Å². The molecule has 11 nitrogen and oxygen atoms in total. The summed E-state index contributed by atoms with van der Waals surface area (Å²) >= 11 is 0. The Balaban J connectivity index is 1.36. The molecule has 3 N–H and O–H groups in total. The highest BCUT2D eigenvalue weighted by molar-refractivity contribution is 5.95. The van der Waals surface area contributed by atoms with Gasteiger partial charge in [0.05, 0.1) is 13.0 Å². The van der Waals surface area contributed by atoms with Crippen LogP contribution in [0.4, 0.5) is 0 Å². The molecule has 4 bridgehead atoms. The van der Waals surface area contributed by atoms with E-state index in [9.17, 15) is 24.0 Å². The minimum absolute atomic E-state index is 0.00620. The van der Waals surface area contributed by atoms with Crippen LogP contribution in [-0.4, -0.2) is 84.2 Å². The Morgan fingerprint density at radius 2 is 1.79 bits per heavy atom. The van der Waals surface area contributed by atoms with Crippen molar-refractivity contribution in [2.45, 2.75) is 77.4 Å². The number of ether oxygens (including phenoxy) is 1. The molecule has 0 spiro atoms. The van der Waals surface area contributed by atoms with E-state index in [0.29, 0.717) is 45.6 Å². The minimum atomic E-state index is -1.15. The van der Waals surface area contributed by atoms with E-state index < -0.39 is 18.0 Å². The number of amides is 5. The van der Waals surface area contributed by atoms with E-state index in [4.69, 9.17) is 4.74 Å². The Hall–Kier alpha value is -4.41. The lowest BCUT2D eigenvalue weighted by Gasteiger charge is -2.38. The molecule has 0 saturated carbocycles. The zero-order chi connectivity index (χ0) is 33.3. The molecule has 2 fully saturated rings. The summed E-state index contributed by atoms with van der Waals surface area (Å²) < 4.78 is 6.10. The van der Waals surface area contributed by atoms with Gasteiger partial charge in [-0.1, -0.05) is 36.4 Å². The molecule has 0 aliphatic carbocycles. The molecule has 1 unspecified atom stereocenters. The normalized spacial score (nSPS) is 22.9. The number of rotatable bonds is 6. The number of nitrogens with one attached hydrogen (secondary N) is 3. The van der Waals surface area contributed by atoms with Gasteiger partial charge in [0.25, 0.3) is 0 Å². The molecule has 2 aromatic rings. The molecule has 5 amide bonds. The monoisotopic (exact) mass is 645 g/mol. The number of hydrogen-bond donors (Lipinski definition) is 3. The number of hydrogen-bond acceptors (Lipinski definition) is 6. The molecule has 0 aromatic heterocycles. The number of likely N-dealkylation sites (tertiary alicyclic amines) is 1. The van der Waals surface area contributed by atoms with Gasteiger partial charge in [-0.25, -0.2) is 0 Å². The number of piperidine rings is 1. The third-order valence-corrected chi connectivity index (χ3v) is 9.54. The highest BCUT2D eigenvalue weighted by atomic mass is 16.5. The summed E-state index contributed by atoms with van der Waals surface area (Å²) in [6.07, 6.45) is 3.43. The summed E-state index contributed by atoms with van der Waals surface area (Å²) in [7, 11) is 0. The van der Waals surface area contributed by atoms with Crippen LogP contribution >= 0.6 is 0 Å². The second-order valence-corrected chi connectivity index (χ2v) is 13.2. The number of carbonyl (C=O) groups excluding carboxylic acids is 5. The average molecular weight is 646 g/mol. The van der Waals surface area contributed by atoms with Crippen molar-refractivity contribution in [2.24, 2.45) is 11.8 Å². The first kappa shape index (κ1) is 33.9. The zero-order valence-corrected chi connectivity index (χ0v) is 27.5. The number of fused-ring (bicyclic) bond motifs is 4. The van der Waals surface area contributed by atoms with Crippen LogP contribution in [0.15, 0.2) is 48.5 Å². The van der Waals surface area contributed by atoms with Crippen molar-refractivity contribution in [2.75, 3.05) is 32.8 Å². The number of nitrogens with zero attached hydrogens (tertiary/aromatic N) is 2. The van der Waals surface area contributed by atoms with Gasteiger partial charge in [-0.05, 0) is 73.8 Å². The Morgan fingerprint density at radius 1 is 1.00 bits per heavy atom. The van der Waals surface area contributed by atoms with Crippen molar-refractivity contribution in [3.05, 3.63) is 65.2 Å². The quantitative estimate of drug-likeness (QED) is 0.442. The Morgan fingerprint density at radius 3 is 2.55 bits per heavy atom. The second-order valence-electron chi connectivity index (χ2n) is 13.2. The van der Waals surface area contributed by atoms with E-state index in [2.05, 4.69) is 16.0 Å². The first-order chi connectivity index (χ1) is 22.6. The van der Waals surface area contributed by atoms with Crippen LogP contribution in [-0.2, 0) is 36.9 Å². The summed E-state index contributed by atoms with van der Waals surface area (Å²) in [4.78, 5) is 69.3. The van der Waals surface area contributed by atoms with Crippen LogP contribution in [0.1, 0.15) is 62.1 Å². The number of aryl methyl sites for hydroxylation is 2. The predicted molar refractivity (Wildman–Crippen MR) is 176 cm³/mol. The topological polar surface area (TPSA) is 137 Å². The first-order valence-corrected chi connectivity index (χ1v) is 16.8. The van der Waals surface area contributed by atoms with Crippen LogP contribution in [0.5, 0.6) is 5.75 Å². The first-order valence-electron chi connectivity index (χ1n) is 16.8. The van der Waals surface area contributed by atoms with Crippen LogP contribution in [0.3, 0.4) is 0 Å². The van der Waals surface area contributed by atoms with Crippen LogP contribution in [0.25, 0.3) is 0 Å². The fraction of sp³-hybridized carbons (Fsp3) is 0.528. The molecule has 47 heavy (non-hydrogen) atoms. The Bertz CT molecular complexity index is 1440. The smallest absolute Gasteiger partial charge is 0.243 e. The fourth-order valence-electron chi connectivity index (χ4n) is 6.59. The van der Waals surface area contributed by atoms with Crippen molar-refractivity contribution in [1.82, 2.24) is 25.8 Å². The summed E-state index contributed by atoms with van der Waals surface area (Å²) in [6.45, 7) is 6.37. The standard InChI is InChI=1S/C36H47N5O6/c1-24-10-12-30-18-29(24)20-37-35(45)31(13-11-26-7-4-3-5-8-26)39-36(46)32(38-33(43)17-28-22-41(23-28)25(2)42)19-34(44)40-15-6-9-27(21-40)14-16-47-30/h3-5,7-8,10,12,18,27-28,31-32H,6,9,11,13-17,19-23H2,1-2H3,(H,37,45)(H,38,43)(H,39,46)/t27?,31-,32-/m0/s1. The van der Waals surface area contributed by atoms with Crippen molar-refractivity contribution in [1.29, 1.82) is 0 Å². The molecule has 3 atom stereocenters. The average Bonchev–Trinajstić information content (AvgIpc) is 3.04. The van der Waals surface area contributed by atoms with Crippen molar-refractivity contribution in [3.8, 4) is 5.75 Å². The minimum Gasteiger partial charge on any atom is -0.494 e. The lowest BCUT2D eigenvalue weighted by Crippen LogP contribution is -2.56. The Kier molecular flexibility index (Phi) is 11.5. The lowest BCUT2D eigenvalue weighted by atomic mass is 9.94. The Labute approximate surface area is 276 Å². The van der Waals surface area contributed by atoms with Gasteiger partial charge in [-0.2, -0.15) is 0 Å². The summed E-state index contributed by atoms with van der Waals surface area (Å²) in [5.41, 5.74) is 2.96. The second kappa shape index (κ2) is 15.9. The third-order valence-electron chi connectivity index (χ3n) is 9.54. The number of carbonyl (C=O) groups is 5. The molecule has 0 radical (unpaired) electrons. The van der Waals surface area contributed by atoms with Crippen LogP contribution in [0, 0.1) is 18.8 Å². The van der Waals surface area contributed by atoms with Crippen molar-refractivity contribution >= 4 is 29.5 Å². The van der Waals surface area contributed by atoms with Gasteiger partial charge in [0, 0.05) is 52.0 Å². The van der Waals surface area contributed by atoms with E-state index in [0.717, 1.165) is 41.7 Å². The third kappa shape index (κ3) is 9.56. The fourth-order valence-corrected chi connectivity index (χ4v) is 6.59. The molecule has 2 aromatic carbocycles. The predicted octanol–water partition coefficient (Wildman–Crippen LogP) is 2.49. The molecule has 2 saturated heterocycles. The highest BCUT2D eigenvalue weighted by Gasteiger charge is 2.34. The molecular weight excluding hydrogens is 598 g/mol. The zero-order valence-electron chi connectivity index (χ0n) is 27.5. The molecule has 3 heterocycles. The van der Waals surface area contributed by atoms with Crippen molar-refractivity contribution in [3.63, 3.8) is 0 Å². The SMILES string of the molecule is CC(=O)N1CC(CC(=O)N[C@H]2CC(=O)N3CCCC(CCOc4ccc(C)c(c4)CNC(=O)[C@H](CCc4ccccc4)NC2=O)C3)C1. The van der Waals surface area contributed by atoms with Gasteiger partial charge >= 0.3 is 0 Å². The van der Waals surface area contributed by atoms with Gasteiger partial charge in [0.2, 0.25) is 29.5 Å². The molecule has 5 rings (SSSR count). The van der Waals surface area contributed by atoms with Crippen LogP contribution in [0.2, 0.25) is 0 Å². The van der Waals surface area contributed by atoms with Gasteiger partial charge in [-0.3, -0.25) is 24.0 Å². The van der Waals surface area contributed by atoms with E-state index in [1.54, 1.807) is 9.80 Å². The molecule has 3 aliphatic heterocycles. The maximum Gasteiger partial charge on any atom is 0.243 e.